The molecule has 6 heteroatoms. The Balaban J connectivity index is 2.12. The Kier molecular flexibility index (Phi) is 4.76. The van der Waals surface area contributed by atoms with Crippen molar-refractivity contribution in [2.45, 2.75) is 20.0 Å². The molecule has 0 aliphatic rings. The third-order valence-electron chi connectivity index (χ3n) is 2.75. The summed E-state index contributed by atoms with van der Waals surface area (Å²) in [7, 11) is 0. The van der Waals surface area contributed by atoms with Crippen LogP contribution in [0.3, 0.4) is 0 Å². The van der Waals surface area contributed by atoms with Gasteiger partial charge in [0.2, 0.25) is 0 Å². The molecule has 0 aliphatic heterocycles. The van der Waals surface area contributed by atoms with E-state index in [0.717, 1.165) is 5.56 Å². The smallest absolute Gasteiger partial charge is 0.251 e. The average Bonchev–Trinajstić information content (AvgIpc) is 2.37. The first-order valence-corrected chi connectivity index (χ1v) is 6.64. The van der Waals surface area contributed by atoms with E-state index in [4.69, 9.17) is 22.1 Å². The lowest BCUT2D eigenvalue weighted by Gasteiger charge is -2.09. The molecular formula is C14H16ClN3O2. The van der Waals surface area contributed by atoms with E-state index >= 15 is 0 Å². The molecule has 0 fully saturated rings. The van der Waals surface area contributed by atoms with Crippen LogP contribution in [0.5, 0.6) is 5.75 Å². The Hall–Kier alpha value is -1.85. The SMILES string of the molecule is Cc1cc(Cl)ccc1OCc1nc(CCN)cc(=O)[nH]1. The van der Waals surface area contributed by atoms with Crippen LogP contribution >= 0.6 is 11.6 Å². The van der Waals surface area contributed by atoms with Gasteiger partial charge in [0.05, 0.1) is 0 Å². The van der Waals surface area contributed by atoms with Gasteiger partial charge in [-0.2, -0.15) is 0 Å². The number of hydrogen-bond acceptors (Lipinski definition) is 4. The number of H-pyrrole nitrogens is 1. The summed E-state index contributed by atoms with van der Waals surface area (Å²) >= 11 is 5.88. The highest BCUT2D eigenvalue weighted by atomic mass is 35.5. The van der Waals surface area contributed by atoms with Crippen LogP contribution in [0.2, 0.25) is 5.02 Å². The van der Waals surface area contributed by atoms with Crippen LogP contribution in [0.1, 0.15) is 17.1 Å². The van der Waals surface area contributed by atoms with Crippen molar-refractivity contribution in [3.63, 3.8) is 0 Å². The van der Waals surface area contributed by atoms with Gasteiger partial charge in [-0.3, -0.25) is 4.79 Å². The Bertz CT molecular complexity index is 655. The maximum Gasteiger partial charge on any atom is 0.251 e. The van der Waals surface area contributed by atoms with Crippen LogP contribution in [0.25, 0.3) is 0 Å². The number of nitrogens with zero attached hydrogens (tertiary/aromatic N) is 1. The predicted octanol–water partition coefficient (Wildman–Crippen LogP) is 1.81. The highest BCUT2D eigenvalue weighted by Crippen LogP contribution is 2.22. The molecule has 20 heavy (non-hydrogen) atoms. The fourth-order valence-corrected chi connectivity index (χ4v) is 2.06. The third-order valence-corrected chi connectivity index (χ3v) is 2.98. The zero-order valence-corrected chi connectivity index (χ0v) is 11.9. The van der Waals surface area contributed by atoms with E-state index in [1.807, 2.05) is 13.0 Å². The van der Waals surface area contributed by atoms with Gasteiger partial charge in [0.15, 0.2) is 0 Å². The van der Waals surface area contributed by atoms with Gasteiger partial charge >= 0.3 is 0 Å². The van der Waals surface area contributed by atoms with Crippen molar-refractivity contribution >= 4 is 11.6 Å². The van der Waals surface area contributed by atoms with Gasteiger partial charge in [0.1, 0.15) is 18.2 Å². The van der Waals surface area contributed by atoms with Gasteiger partial charge in [0.25, 0.3) is 5.56 Å². The average molecular weight is 294 g/mol. The molecule has 2 rings (SSSR count). The van der Waals surface area contributed by atoms with Crippen LogP contribution in [-0.4, -0.2) is 16.5 Å². The number of ether oxygens (including phenoxy) is 1. The lowest BCUT2D eigenvalue weighted by molar-refractivity contribution is 0.293. The summed E-state index contributed by atoms with van der Waals surface area (Å²) in [4.78, 5) is 18.4. The van der Waals surface area contributed by atoms with Gasteiger partial charge in [-0.15, -0.1) is 0 Å². The number of nitrogens with one attached hydrogen (secondary N) is 1. The molecule has 0 bridgehead atoms. The normalized spacial score (nSPS) is 10.6. The van der Waals surface area contributed by atoms with Gasteiger partial charge in [0, 0.05) is 23.2 Å². The highest BCUT2D eigenvalue weighted by molar-refractivity contribution is 6.30. The molecule has 3 N–H and O–H groups in total. The zero-order chi connectivity index (χ0) is 14.5. The molecule has 106 valence electrons. The Labute approximate surface area is 121 Å². The fraction of sp³-hybridized carbons (Fsp3) is 0.286. The summed E-state index contributed by atoms with van der Waals surface area (Å²) in [5.74, 6) is 1.19. The van der Waals surface area contributed by atoms with Crippen molar-refractivity contribution in [1.29, 1.82) is 0 Å². The summed E-state index contributed by atoms with van der Waals surface area (Å²) in [6, 6.07) is 6.81. The van der Waals surface area contributed by atoms with Crippen molar-refractivity contribution in [3.8, 4) is 5.75 Å². The number of rotatable bonds is 5. The van der Waals surface area contributed by atoms with E-state index in [1.54, 1.807) is 12.1 Å². The summed E-state index contributed by atoms with van der Waals surface area (Å²) in [5, 5.41) is 0.659. The van der Waals surface area contributed by atoms with E-state index in [0.29, 0.717) is 35.3 Å². The predicted molar refractivity (Wildman–Crippen MR) is 78.1 cm³/mol. The van der Waals surface area contributed by atoms with Crippen LogP contribution in [0.15, 0.2) is 29.1 Å². The van der Waals surface area contributed by atoms with Gasteiger partial charge in [-0.25, -0.2) is 4.98 Å². The van der Waals surface area contributed by atoms with E-state index in [-0.39, 0.29) is 12.2 Å². The van der Waals surface area contributed by atoms with E-state index in [2.05, 4.69) is 9.97 Å². The largest absolute Gasteiger partial charge is 0.485 e. The second-order valence-corrected chi connectivity index (χ2v) is 4.86. The summed E-state index contributed by atoms with van der Waals surface area (Å²) in [5.41, 5.74) is 6.86. The van der Waals surface area contributed by atoms with Crippen molar-refractivity contribution in [2.75, 3.05) is 6.54 Å². The van der Waals surface area contributed by atoms with Crippen LogP contribution < -0.4 is 16.0 Å². The Morgan fingerprint density at radius 1 is 1.40 bits per heavy atom. The number of aromatic nitrogens is 2. The van der Waals surface area contributed by atoms with Gasteiger partial charge in [-0.1, -0.05) is 11.6 Å². The zero-order valence-electron chi connectivity index (χ0n) is 11.1. The molecule has 0 aliphatic carbocycles. The van der Waals surface area contributed by atoms with Crippen molar-refractivity contribution in [3.05, 3.63) is 56.7 Å². The second-order valence-electron chi connectivity index (χ2n) is 4.42. The lowest BCUT2D eigenvalue weighted by Crippen LogP contribution is -2.16. The molecule has 5 nitrogen and oxygen atoms in total. The molecule has 0 saturated carbocycles. The third kappa shape index (κ3) is 3.82. The topological polar surface area (TPSA) is 81.0 Å². The standard InChI is InChI=1S/C14H16ClN3O2/c1-9-6-10(15)2-3-12(9)20-8-13-17-11(4-5-16)7-14(19)18-13/h2-3,6-7H,4-5,8,16H2,1H3,(H,17,18,19). The van der Waals surface area contributed by atoms with E-state index in [1.165, 1.54) is 6.07 Å². The second kappa shape index (κ2) is 6.54. The fourth-order valence-electron chi connectivity index (χ4n) is 1.83. The van der Waals surface area contributed by atoms with Gasteiger partial charge in [-0.05, 0) is 37.2 Å². The number of benzene rings is 1. The Morgan fingerprint density at radius 2 is 2.20 bits per heavy atom. The number of aryl methyl sites for hydroxylation is 1. The molecule has 1 heterocycles. The molecule has 0 amide bonds. The monoisotopic (exact) mass is 293 g/mol. The van der Waals surface area contributed by atoms with Crippen molar-refractivity contribution < 1.29 is 4.74 Å². The van der Waals surface area contributed by atoms with E-state index < -0.39 is 0 Å². The molecule has 1 aromatic carbocycles. The maximum atomic E-state index is 11.5. The molecular weight excluding hydrogens is 278 g/mol. The van der Waals surface area contributed by atoms with Crippen LogP contribution in [-0.2, 0) is 13.0 Å². The number of aromatic amines is 1. The minimum absolute atomic E-state index is 0.191. The number of nitrogens with two attached hydrogens (primary N) is 1. The molecule has 0 unspecified atom stereocenters. The minimum Gasteiger partial charge on any atom is -0.485 e. The molecule has 2 aromatic rings. The molecule has 1 aromatic heterocycles. The van der Waals surface area contributed by atoms with Crippen LogP contribution in [0.4, 0.5) is 0 Å². The number of hydrogen-bond donors (Lipinski definition) is 2. The maximum absolute atomic E-state index is 11.5. The molecule has 0 radical (unpaired) electrons. The molecule has 0 spiro atoms. The Morgan fingerprint density at radius 3 is 2.90 bits per heavy atom. The lowest BCUT2D eigenvalue weighted by atomic mass is 10.2. The van der Waals surface area contributed by atoms with E-state index in [9.17, 15) is 4.79 Å². The van der Waals surface area contributed by atoms with Crippen molar-refractivity contribution in [1.82, 2.24) is 9.97 Å². The van der Waals surface area contributed by atoms with Gasteiger partial charge < -0.3 is 15.5 Å². The highest BCUT2D eigenvalue weighted by Gasteiger charge is 2.04. The molecule has 0 atom stereocenters. The summed E-state index contributed by atoms with van der Waals surface area (Å²) in [6.45, 7) is 2.55. The quantitative estimate of drug-likeness (QED) is 0.881. The van der Waals surface area contributed by atoms with Crippen molar-refractivity contribution in [2.24, 2.45) is 5.73 Å². The van der Waals surface area contributed by atoms with Crippen LogP contribution in [0, 0.1) is 6.92 Å². The first kappa shape index (κ1) is 14.6. The number of halogens is 1. The first-order valence-electron chi connectivity index (χ1n) is 6.26. The first-order chi connectivity index (χ1) is 9.58. The summed E-state index contributed by atoms with van der Waals surface area (Å²) in [6.07, 6.45) is 0.566. The molecule has 0 saturated heterocycles. The summed E-state index contributed by atoms with van der Waals surface area (Å²) < 4.78 is 5.64. The minimum atomic E-state index is -0.199.